The molecule has 2 aliphatic heterocycles. The number of ether oxygens (including phenoxy) is 2. The van der Waals surface area contributed by atoms with Gasteiger partial charge >= 0.3 is 6.09 Å². The Bertz CT molecular complexity index is 454. The monoisotopic (exact) mass is 328 g/mol. The Morgan fingerprint density at radius 1 is 1.26 bits per heavy atom. The van der Waals surface area contributed by atoms with E-state index in [1.165, 1.54) is 4.90 Å². The van der Waals surface area contributed by atoms with Crippen LogP contribution in [0.3, 0.4) is 0 Å². The van der Waals surface area contributed by atoms with Crippen LogP contribution in [0.1, 0.15) is 34.1 Å². The summed E-state index contributed by atoms with van der Waals surface area (Å²) in [6.07, 6.45) is 0.392. The summed E-state index contributed by atoms with van der Waals surface area (Å²) in [5.41, 5.74) is -2.06. The third-order valence-electron chi connectivity index (χ3n) is 4.09. The molecular weight excluding hydrogens is 300 g/mol. The number of carbonyl (C=O) groups is 2. The predicted octanol–water partition coefficient (Wildman–Crippen LogP) is 0.853. The molecular formula is C16H28N2O5. The van der Waals surface area contributed by atoms with Gasteiger partial charge in [0, 0.05) is 25.6 Å². The van der Waals surface area contributed by atoms with E-state index in [1.807, 2.05) is 6.92 Å². The van der Waals surface area contributed by atoms with Gasteiger partial charge in [-0.1, -0.05) is 0 Å². The van der Waals surface area contributed by atoms with Crippen molar-refractivity contribution < 1.29 is 24.2 Å². The average Bonchev–Trinajstić information content (AvgIpc) is 2.87. The van der Waals surface area contributed by atoms with Crippen molar-refractivity contribution in [1.29, 1.82) is 0 Å². The highest BCUT2D eigenvalue weighted by atomic mass is 16.6. The molecule has 2 aliphatic rings. The van der Waals surface area contributed by atoms with Crippen LogP contribution in [0.15, 0.2) is 0 Å². The molecule has 1 N–H and O–H groups in total. The first kappa shape index (κ1) is 18.0. The van der Waals surface area contributed by atoms with Crippen LogP contribution in [0, 0.1) is 5.92 Å². The Morgan fingerprint density at radius 3 is 2.48 bits per heavy atom. The Kier molecular flexibility index (Phi) is 5.20. The Hall–Kier alpha value is -1.34. The molecule has 0 aliphatic carbocycles. The SMILES string of the molecule is CCOC[C@H]1CCN(C(=O)C2(O)CN(C(=O)OC(C)(C)C)C2)C1. The van der Waals surface area contributed by atoms with Gasteiger partial charge in [0.25, 0.3) is 5.91 Å². The second-order valence-corrected chi connectivity index (χ2v) is 7.43. The van der Waals surface area contributed by atoms with Crippen molar-refractivity contribution in [2.45, 2.75) is 45.3 Å². The van der Waals surface area contributed by atoms with E-state index in [9.17, 15) is 14.7 Å². The van der Waals surface area contributed by atoms with Crippen molar-refractivity contribution in [1.82, 2.24) is 9.80 Å². The van der Waals surface area contributed by atoms with Crippen LogP contribution in [-0.2, 0) is 14.3 Å². The molecule has 0 radical (unpaired) electrons. The van der Waals surface area contributed by atoms with Gasteiger partial charge in [-0.05, 0) is 34.1 Å². The number of carbonyl (C=O) groups excluding carboxylic acids is 2. The maximum atomic E-state index is 12.5. The second-order valence-electron chi connectivity index (χ2n) is 7.43. The second kappa shape index (κ2) is 6.65. The van der Waals surface area contributed by atoms with Crippen LogP contribution < -0.4 is 0 Å². The number of amides is 2. The van der Waals surface area contributed by atoms with E-state index in [4.69, 9.17) is 9.47 Å². The largest absolute Gasteiger partial charge is 0.444 e. The highest BCUT2D eigenvalue weighted by molar-refractivity contribution is 5.89. The minimum absolute atomic E-state index is 0.00657. The highest BCUT2D eigenvalue weighted by Crippen LogP contribution is 2.28. The number of aliphatic hydroxyl groups is 1. The van der Waals surface area contributed by atoms with Crippen molar-refractivity contribution in [2.24, 2.45) is 5.92 Å². The lowest BCUT2D eigenvalue weighted by atomic mass is 9.93. The molecule has 0 spiro atoms. The summed E-state index contributed by atoms with van der Waals surface area (Å²) < 4.78 is 10.6. The lowest BCUT2D eigenvalue weighted by Crippen LogP contribution is -2.70. The summed E-state index contributed by atoms with van der Waals surface area (Å²) >= 11 is 0. The fraction of sp³-hybridized carbons (Fsp3) is 0.875. The third-order valence-corrected chi connectivity index (χ3v) is 4.09. The van der Waals surface area contributed by atoms with Crippen molar-refractivity contribution in [3.05, 3.63) is 0 Å². The van der Waals surface area contributed by atoms with Gasteiger partial charge < -0.3 is 24.4 Å². The molecule has 0 saturated carbocycles. The summed E-state index contributed by atoms with van der Waals surface area (Å²) in [6.45, 7) is 9.82. The van der Waals surface area contributed by atoms with E-state index >= 15 is 0 Å². The van der Waals surface area contributed by atoms with Crippen molar-refractivity contribution in [3.63, 3.8) is 0 Å². The van der Waals surface area contributed by atoms with Gasteiger partial charge in [0.15, 0.2) is 5.60 Å². The zero-order valence-corrected chi connectivity index (χ0v) is 14.5. The summed E-state index contributed by atoms with van der Waals surface area (Å²) in [6, 6.07) is 0. The summed E-state index contributed by atoms with van der Waals surface area (Å²) in [5.74, 6) is 0.0286. The van der Waals surface area contributed by atoms with Crippen molar-refractivity contribution >= 4 is 12.0 Å². The molecule has 0 aromatic carbocycles. The van der Waals surface area contributed by atoms with Crippen LogP contribution in [0.25, 0.3) is 0 Å². The van der Waals surface area contributed by atoms with Crippen LogP contribution >= 0.6 is 0 Å². The van der Waals surface area contributed by atoms with Gasteiger partial charge in [0.2, 0.25) is 0 Å². The smallest absolute Gasteiger partial charge is 0.410 e. The maximum absolute atomic E-state index is 12.5. The first-order valence-corrected chi connectivity index (χ1v) is 8.22. The highest BCUT2D eigenvalue weighted by Gasteiger charge is 2.53. The number of hydrogen-bond acceptors (Lipinski definition) is 5. The standard InChI is InChI=1S/C16H28N2O5/c1-5-22-9-12-6-7-17(8-12)13(19)16(21)10-18(11-16)14(20)23-15(2,3)4/h12,21H,5-11H2,1-4H3/t12-/m0/s1. The minimum atomic E-state index is -1.47. The molecule has 2 fully saturated rings. The quantitative estimate of drug-likeness (QED) is 0.828. The zero-order valence-electron chi connectivity index (χ0n) is 14.5. The third kappa shape index (κ3) is 4.35. The van der Waals surface area contributed by atoms with E-state index in [0.29, 0.717) is 32.2 Å². The minimum Gasteiger partial charge on any atom is -0.444 e. The van der Waals surface area contributed by atoms with Gasteiger partial charge in [-0.15, -0.1) is 0 Å². The topological polar surface area (TPSA) is 79.3 Å². The number of nitrogens with zero attached hydrogens (tertiary/aromatic N) is 2. The number of rotatable bonds is 4. The van der Waals surface area contributed by atoms with Crippen LogP contribution in [0.4, 0.5) is 4.79 Å². The van der Waals surface area contributed by atoms with Gasteiger partial charge in [0.1, 0.15) is 5.60 Å². The summed E-state index contributed by atoms with van der Waals surface area (Å²) in [5, 5.41) is 10.4. The zero-order chi connectivity index (χ0) is 17.3. The molecule has 2 saturated heterocycles. The van der Waals surface area contributed by atoms with Crippen LogP contribution in [0.2, 0.25) is 0 Å². The fourth-order valence-corrected chi connectivity index (χ4v) is 2.91. The molecule has 7 heteroatoms. The number of β-amino-alcohol motifs (C(OH)–C–C–N with tert-alkyl or cyclic N) is 1. The van der Waals surface area contributed by atoms with Crippen molar-refractivity contribution in [3.8, 4) is 0 Å². The molecule has 23 heavy (non-hydrogen) atoms. The lowest BCUT2D eigenvalue weighted by molar-refractivity contribution is -0.167. The first-order valence-electron chi connectivity index (χ1n) is 8.22. The van der Waals surface area contributed by atoms with Crippen molar-refractivity contribution in [2.75, 3.05) is 39.4 Å². The molecule has 2 heterocycles. The summed E-state index contributed by atoms with van der Waals surface area (Å²) in [7, 11) is 0. The molecule has 0 unspecified atom stereocenters. The van der Waals surface area contributed by atoms with E-state index < -0.39 is 17.3 Å². The molecule has 0 bridgehead atoms. The Labute approximate surface area is 137 Å². The van der Waals surface area contributed by atoms with E-state index in [1.54, 1.807) is 25.7 Å². The van der Waals surface area contributed by atoms with Gasteiger partial charge in [-0.2, -0.15) is 0 Å². The van der Waals surface area contributed by atoms with Gasteiger partial charge in [0.05, 0.1) is 19.7 Å². The molecule has 7 nitrogen and oxygen atoms in total. The maximum Gasteiger partial charge on any atom is 0.410 e. The van der Waals surface area contributed by atoms with Crippen LogP contribution in [-0.4, -0.2) is 77.5 Å². The van der Waals surface area contributed by atoms with E-state index in [-0.39, 0.29) is 19.0 Å². The van der Waals surface area contributed by atoms with Crippen LogP contribution in [0.5, 0.6) is 0 Å². The number of hydrogen-bond donors (Lipinski definition) is 1. The first-order chi connectivity index (χ1) is 10.6. The normalized spacial score (nSPS) is 23.6. The van der Waals surface area contributed by atoms with E-state index in [2.05, 4.69) is 0 Å². The van der Waals surface area contributed by atoms with Gasteiger partial charge in [-0.25, -0.2) is 4.79 Å². The van der Waals surface area contributed by atoms with Gasteiger partial charge in [-0.3, -0.25) is 4.79 Å². The average molecular weight is 328 g/mol. The molecule has 0 aromatic rings. The Balaban J connectivity index is 1.82. The molecule has 132 valence electrons. The predicted molar refractivity (Wildman–Crippen MR) is 83.9 cm³/mol. The van der Waals surface area contributed by atoms with E-state index in [0.717, 1.165) is 6.42 Å². The Morgan fingerprint density at radius 2 is 1.91 bits per heavy atom. The fourth-order valence-electron chi connectivity index (χ4n) is 2.91. The summed E-state index contributed by atoms with van der Waals surface area (Å²) in [4.78, 5) is 27.4. The molecule has 2 amide bonds. The lowest BCUT2D eigenvalue weighted by Gasteiger charge is -2.46. The molecule has 2 rings (SSSR count). The molecule has 1 atom stereocenters. The molecule has 0 aromatic heterocycles. The number of likely N-dealkylation sites (tertiary alicyclic amines) is 2.